The topological polar surface area (TPSA) is 56.0 Å². The third-order valence-corrected chi connectivity index (χ3v) is 2.50. The molecule has 1 aliphatic carbocycles. The van der Waals surface area contributed by atoms with Gasteiger partial charge in [-0.05, 0) is 32.7 Å². The molecule has 0 aromatic heterocycles. The van der Waals surface area contributed by atoms with Crippen molar-refractivity contribution in [2.24, 2.45) is 0 Å². The third kappa shape index (κ3) is 1.70. The van der Waals surface area contributed by atoms with Gasteiger partial charge in [0.2, 0.25) is 0 Å². The number of hydrogen-bond donors (Lipinski definition) is 2. The zero-order chi connectivity index (χ0) is 8.32. The van der Waals surface area contributed by atoms with Gasteiger partial charge in [-0.25, -0.2) is 0 Å². The number of nitrogens with zero attached hydrogens (tertiary/aromatic N) is 1. The predicted octanol–water partition coefficient (Wildman–Crippen LogP) is 0.403. The Hall–Kier alpha value is -0.590. The average Bonchev–Trinajstić information content (AvgIpc) is 2.07. The molecule has 0 radical (unpaired) electrons. The Morgan fingerprint density at radius 1 is 1.55 bits per heavy atom. The van der Waals surface area contributed by atoms with Crippen LogP contribution in [0, 0.1) is 11.3 Å². The second kappa shape index (κ2) is 3.21. The lowest BCUT2D eigenvalue weighted by molar-refractivity contribution is 0.103. The van der Waals surface area contributed by atoms with Crippen LogP contribution < -0.4 is 5.32 Å². The fourth-order valence-corrected chi connectivity index (χ4v) is 1.51. The van der Waals surface area contributed by atoms with E-state index in [-0.39, 0.29) is 11.6 Å². The standard InChI is InChI=1S/C8H14N2O/c1-10-8(6-9)4-2-7(11)3-5-8/h7,10-11H,2-5H2,1H3. The molecule has 0 bridgehead atoms. The van der Waals surface area contributed by atoms with Gasteiger partial charge in [-0.1, -0.05) is 0 Å². The zero-order valence-electron chi connectivity index (χ0n) is 6.80. The maximum absolute atomic E-state index is 9.20. The summed E-state index contributed by atoms with van der Waals surface area (Å²) in [5.74, 6) is 0. The van der Waals surface area contributed by atoms with E-state index in [1.807, 2.05) is 0 Å². The molecule has 11 heavy (non-hydrogen) atoms. The van der Waals surface area contributed by atoms with Crippen LogP contribution >= 0.6 is 0 Å². The number of hydrogen-bond acceptors (Lipinski definition) is 3. The lowest BCUT2D eigenvalue weighted by Gasteiger charge is -2.32. The summed E-state index contributed by atoms with van der Waals surface area (Å²) in [6.07, 6.45) is 2.83. The van der Waals surface area contributed by atoms with Crippen molar-refractivity contribution in [1.82, 2.24) is 5.32 Å². The molecular formula is C8H14N2O. The van der Waals surface area contributed by atoms with Crippen LogP contribution in [0.3, 0.4) is 0 Å². The molecule has 0 aliphatic heterocycles. The maximum atomic E-state index is 9.20. The summed E-state index contributed by atoms with van der Waals surface area (Å²) in [4.78, 5) is 0. The molecule has 0 spiro atoms. The monoisotopic (exact) mass is 154 g/mol. The molecule has 0 amide bonds. The summed E-state index contributed by atoms with van der Waals surface area (Å²) < 4.78 is 0. The Morgan fingerprint density at radius 2 is 2.09 bits per heavy atom. The second-order valence-electron chi connectivity index (χ2n) is 3.18. The van der Waals surface area contributed by atoms with Gasteiger partial charge in [-0.2, -0.15) is 5.26 Å². The van der Waals surface area contributed by atoms with E-state index in [1.54, 1.807) is 7.05 Å². The predicted molar refractivity (Wildman–Crippen MR) is 41.9 cm³/mol. The van der Waals surface area contributed by atoms with E-state index in [9.17, 15) is 5.11 Å². The van der Waals surface area contributed by atoms with Crippen molar-refractivity contribution in [3.05, 3.63) is 0 Å². The smallest absolute Gasteiger partial charge is 0.106 e. The molecule has 3 nitrogen and oxygen atoms in total. The van der Waals surface area contributed by atoms with Crippen LogP contribution in [0.15, 0.2) is 0 Å². The van der Waals surface area contributed by atoms with Crippen LogP contribution in [0.4, 0.5) is 0 Å². The fraction of sp³-hybridized carbons (Fsp3) is 0.875. The number of rotatable bonds is 1. The first-order chi connectivity index (χ1) is 5.22. The van der Waals surface area contributed by atoms with Gasteiger partial charge in [0.05, 0.1) is 12.2 Å². The number of aliphatic hydroxyl groups is 1. The van der Waals surface area contributed by atoms with E-state index in [4.69, 9.17) is 5.26 Å². The summed E-state index contributed by atoms with van der Waals surface area (Å²) >= 11 is 0. The molecule has 1 rings (SSSR count). The highest BCUT2D eigenvalue weighted by Gasteiger charge is 2.32. The molecule has 1 fully saturated rings. The van der Waals surface area contributed by atoms with Crippen molar-refractivity contribution in [2.75, 3.05) is 7.05 Å². The van der Waals surface area contributed by atoms with Crippen LogP contribution in [0.5, 0.6) is 0 Å². The van der Waals surface area contributed by atoms with Crippen LogP contribution in [0.1, 0.15) is 25.7 Å². The number of nitrogens with one attached hydrogen (secondary N) is 1. The normalized spacial score (nSPS) is 38.1. The first-order valence-electron chi connectivity index (χ1n) is 4.01. The van der Waals surface area contributed by atoms with Crippen LogP contribution in [0.2, 0.25) is 0 Å². The average molecular weight is 154 g/mol. The Kier molecular flexibility index (Phi) is 2.48. The minimum atomic E-state index is -0.362. The van der Waals surface area contributed by atoms with E-state index >= 15 is 0 Å². The van der Waals surface area contributed by atoms with Crippen LogP contribution in [-0.4, -0.2) is 23.8 Å². The summed E-state index contributed by atoms with van der Waals surface area (Å²) in [5.41, 5.74) is -0.362. The molecule has 2 N–H and O–H groups in total. The van der Waals surface area contributed by atoms with Gasteiger partial charge in [0.25, 0.3) is 0 Å². The maximum Gasteiger partial charge on any atom is 0.106 e. The quantitative estimate of drug-likeness (QED) is 0.575. The van der Waals surface area contributed by atoms with Crippen molar-refractivity contribution >= 4 is 0 Å². The fourth-order valence-electron chi connectivity index (χ4n) is 1.51. The summed E-state index contributed by atoms with van der Waals surface area (Å²) in [7, 11) is 1.81. The zero-order valence-corrected chi connectivity index (χ0v) is 6.80. The highest BCUT2D eigenvalue weighted by Crippen LogP contribution is 2.27. The number of nitriles is 1. The van der Waals surface area contributed by atoms with Crippen molar-refractivity contribution in [2.45, 2.75) is 37.3 Å². The largest absolute Gasteiger partial charge is 0.393 e. The van der Waals surface area contributed by atoms with Crippen LogP contribution in [-0.2, 0) is 0 Å². The van der Waals surface area contributed by atoms with Crippen molar-refractivity contribution < 1.29 is 5.11 Å². The Balaban J connectivity index is 2.54. The van der Waals surface area contributed by atoms with Gasteiger partial charge in [-0.15, -0.1) is 0 Å². The molecule has 0 saturated heterocycles. The second-order valence-corrected chi connectivity index (χ2v) is 3.18. The SMILES string of the molecule is CNC1(C#N)CCC(O)CC1. The highest BCUT2D eigenvalue weighted by atomic mass is 16.3. The lowest BCUT2D eigenvalue weighted by atomic mass is 9.82. The Bertz CT molecular complexity index is 165. The molecule has 0 aromatic rings. The van der Waals surface area contributed by atoms with Gasteiger partial charge < -0.3 is 10.4 Å². The Labute approximate surface area is 67.0 Å². The molecule has 3 heteroatoms. The van der Waals surface area contributed by atoms with Crippen molar-refractivity contribution in [1.29, 1.82) is 5.26 Å². The van der Waals surface area contributed by atoms with E-state index in [2.05, 4.69) is 11.4 Å². The van der Waals surface area contributed by atoms with E-state index < -0.39 is 0 Å². The molecule has 0 heterocycles. The Morgan fingerprint density at radius 3 is 2.45 bits per heavy atom. The minimum absolute atomic E-state index is 0.190. The molecule has 0 aromatic carbocycles. The highest BCUT2D eigenvalue weighted by molar-refractivity contribution is 5.08. The van der Waals surface area contributed by atoms with Gasteiger partial charge in [0.15, 0.2) is 0 Å². The molecule has 1 aliphatic rings. The lowest BCUT2D eigenvalue weighted by Crippen LogP contribution is -2.45. The van der Waals surface area contributed by atoms with Crippen molar-refractivity contribution in [3.63, 3.8) is 0 Å². The van der Waals surface area contributed by atoms with Gasteiger partial charge in [0.1, 0.15) is 5.54 Å². The third-order valence-electron chi connectivity index (χ3n) is 2.50. The molecule has 0 unspecified atom stereocenters. The van der Waals surface area contributed by atoms with Crippen LogP contribution in [0.25, 0.3) is 0 Å². The molecule has 1 saturated carbocycles. The molecule has 0 atom stereocenters. The molecular weight excluding hydrogens is 140 g/mol. The van der Waals surface area contributed by atoms with Gasteiger partial charge in [0, 0.05) is 0 Å². The van der Waals surface area contributed by atoms with Crippen molar-refractivity contribution in [3.8, 4) is 6.07 Å². The number of aliphatic hydroxyl groups excluding tert-OH is 1. The van der Waals surface area contributed by atoms with Gasteiger partial charge >= 0.3 is 0 Å². The first-order valence-corrected chi connectivity index (χ1v) is 4.01. The summed E-state index contributed by atoms with van der Waals surface area (Å²) in [5, 5.41) is 21.0. The first kappa shape index (κ1) is 8.51. The van der Waals surface area contributed by atoms with E-state index in [0.717, 1.165) is 25.7 Å². The summed E-state index contributed by atoms with van der Waals surface area (Å²) in [6.45, 7) is 0. The van der Waals surface area contributed by atoms with E-state index in [0.29, 0.717) is 0 Å². The minimum Gasteiger partial charge on any atom is -0.393 e. The summed E-state index contributed by atoms with van der Waals surface area (Å²) in [6, 6.07) is 2.27. The molecule has 62 valence electrons. The van der Waals surface area contributed by atoms with E-state index in [1.165, 1.54) is 0 Å². The van der Waals surface area contributed by atoms with Gasteiger partial charge in [-0.3, -0.25) is 0 Å².